The Balaban J connectivity index is 0. The van der Waals surface area contributed by atoms with Gasteiger partial charge in [-0.05, 0) is 18.4 Å². The van der Waals surface area contributed by atoms with Crippen LogP contribution < -0.4 is 47.1 Å². The Labute approximate surface area is 231 Å². The number of rotatable bonds is 14. The van der Waals surface area contributed by atoms with Crippen LogP contribution >= 0.6 is 0 Å². The first kappa shape index (κ1) is 34.3. The molecule has 180 valence electrons. The van der Waals surface area contributed by atoms with Crippen LogP contribution in [0.15, 0.2) is 60.7 Å². The molecule has 0 aliphatic rings. The number of carboxylic acid groups (broad SMARTS) is 1. The Bertz CT molecular complexity index is 696. The summed E-state index contributed by atoms with van der Waals surface area (Å²) in [5.74, 6) is -1.13. The van der Waals surface area contributed by atoms with Crippen LogP contribution in [0.4, 0.5) is 0 Å². The van der Waals surface area contributed by atoms with Crippen LogP contribution in [0.25, 0.3) is 0 Å². The molecule has 2 aromatic rings. The first-order valence-electron chi connectivity index (χ1n) is 12.1. The number of nitrogens with zero attached hydrogens (tertiary/aromatic N) is 1. The van der Waals surface area contributed by atoms with Gasteiger partial charge >= 0.3 is 29.6 Å². The molecule has 0 aliphatic heterocycles. The van der Waals surface area contributed by atoms with E-state index in [1.165, 1.54) is 88.4 Å². The normalized spacial score (nSPS) is 10.3. The minimum Gasteiger partial charge on any atom is -1.00 e. The fourth-order valence-electron chi connectivity index (χ4n) is 3.76. The van der Waals surface area contributed by atoms with Crippen molar-refractivity contribution in [1.29, 1.82) is 0 Å². The van der Waals surface area contributed by atoms with Gasteiger partial charge in [0.1, 0.15) is 6.54 Å². The second-order valence-electron chi connectivity index (χ2n) is 9.14. The molecule has 0 radical (unpaired) electrons. The molecule has 0 bridgehead atoms. The maximum Gasteiger partial charge on any atom is 1.00 e. The van der Waals surface area contributed by atoms with E-state index in [0.29, 0.717) is 0 Å². The summed E-state index contributed by atoms with van der Waals surface area (Å²) >= 11 is 0. The van der Waals surface area contributed by atoms with Crippen molar-refractivity contribution in [3.8, 4) is 0 Å². The van der Waals surface area contributed by atoms with E-state index in [2.05, 4.69) is 51.4 Å². The van der Waals surface area contributed by atoms with Gasteiger partial charge in [-0.15, -0.1) is 0 Å². The number of halogens is 1. The molecule has 0 aliphatic carbocycles. The van der Waals surface area contributed by atoms with E-state index in [9.17, 15) is 9.90 Å². The van der Waals surface area contributed by atoms with Gasteiger partial charge in [0.15, 0.2) is 0 Å². The van der Waals surface area contributed by atoms with Gasteiger partial charge < -0.3 is 26.8 Å². The predicted molar refractivity (Wildman–Crippen MR) is 130 cm³/mol. The third-order valence-corrected chi connectivity index (χ3v) is 5.58. The number of carboxylic acids is 1. The Morgan fingerprint density at radius 3 is 1.58 bits per heavy atom. The molecular weight excluding hydrogens is 441 g/mol. The Hall–Kier alpha value is -0.840. The van der Waals surface area contributed by atoms with Gasteiger partial charge in [-0.2, -0.15) is 0 Å². The van der Waals surface area contributed by atoms with Gasteiger partial charge in [-0.25, -0.2) is 0 Å². The quantitative estimate of drug-likeness (QED) is 0.219. The fourth-order valence-corrected chi connectivity index (χ4v) is 3.76. The van der Waals surface area contributed by atoms with Gasteiger partial charge in [0.25, 0.3) is 0 Å². The molecule has 0 amide bonds. The molecule has 0 saturated heterocycles. The second-order valence-corrected chi connectivity index (χ2v) is 9.14. The summed E-state index contributed by atoms with van der Waals surface area (Å²) in [6.07, 6.45) is 14.2. The van der Waals surface area contributed by atoms with E-state index in [0.717, 1.165) is 11.0 Å². The third-order valence-electron chi connectivity index (χ3n) is 5.58. The molecule has 2 aromatic carbocycles. The van der Waals surface area contributed by atoms with Crippen molar-refractivity contribution < 1.29 is 56.3 Å². The van der Waals surface area contributed by atoms with Crippen molar-refractivity contribution >= 4 is 5.97 Å². The summed E-state index contributed by atoms with van der Waals surface area (Å²) in [5.41, 5.74) is 1.68. The molecular formula is C28H43ClNNaO2. The molecule has 2 rings (SSSR count). The van der Waals surface area contributed by atoms with Crippen LogP contribution in [0.5, 0.6) is 0 Å². The van der Waals surface area contributed by atoms with E-state index < -0.39 is 5.97 Å². The van der Waals surface area contributed by atoms with Gasteiger partial charge in [0.05, 0.1) is 26.6 Å². The molecule has 0 unspecified atom stereocenters. The summed E-state index contributed by atoms with van der Waals surface area (Å²) in [6, 6.07) is 19.0. The number of carbonyl (C=O) groups excluding carboxylic acids is 1. The number of quaternary nitrogens is 1. The molecule has 0 heterocycles. The van der Waals surface area contributed by atoms with Gasteiger partial charge in [0, 0.05) is 5.56 Å². The smallest absolute Gasteiger partial charge is 1.00 e. The molecule has 0 saturated carbocycles. The summed E-state index contributed by atoms with van der Waals surface area (Å²) in [4.78, 5) is 10.1. The zero-order valence-corrected chi connectivity index (χ0v) is 24.2. The minimum atomic E-state index is -1.13. The van der Waals surface area contributed by atoms with Crippen LogP contribution in [0.3, 0.4) is 0 Å². The predicted octanol–water partition coefficient (Wildman–Crippen LogP) is 0.242. The van der Waals surface area contributed by atoms with Crippen LogP contribution in [0.1, 0.15) is 87.1 Å². The largest absolute Gasteiger partial charge is 1.00 e. The summed E-state index contributed by atoms with van der Waals surface area (Å²) < 4.78 is 1.11. The van der Waals surface area contributed by atoms with E-state index in [-0.39, 0.29) is 47.5 Å². The fraction of sp³-hybridized carbons (Fsp3) is 0.536. The number of carbonyl (C=O) groups is 1. The Kier molecular flexibility index (Phi) is 22.5. The maximum atomic E-state index is 10.1. The summed E-state index contributed by atoms with van der Waals surface area (Å²) in [6.45, 7) is 4.74. The molecule has 0 aromatic heterocycles. The van der Waals surface area contributed by atoms with Gasteiger partial charge in [-0.1, -0.05) is 119 Å². The average molecular weight is 484 g/mol. The zero-order valence-electron chi connectivity index (χ0n) is 21.4. The van der Waals surface area contributed by atoms with Crippen LogP contribution in [0, 0.1) is 0 Å². The van der Waals surface area contributed by atoms with E-state index in [1.807, 2.05) is 0 Å². The first-order valence-corrected chi connectivity index (χ1v) is 12.1. The van der Waals surface area contributed by atoms with Crippen LogP contribution in [-0.4, -0.2) is 31.1 Å². The van der Waals surface area contributed by atoms with Crippen molar-refractivity contribution in [2.45, 2.75) is 77.7 Å². The van der Waals surface area contributed by atoms with Crippen molar-refractivity contribution in [3.05, 3.63) is 71.8 Å². The van der Waals surface area contributed by atoms with Gasteiger partial charge in [0.2, 0.25) is 0 Å². The number of unbranched alkanes of at least 4 members (excludes halogenated alkanes) is 9. The maximum absolute atomic E-state index is 10.1. The van der Waals surface area contributed by atoms with Gasteiger partial charge in [-0.3, -0.25) is 0 Å². The number of benzene rings is 2. The SMILES string of the molecule is CCCCCCCCCCCC[N+](C)(C)Cc1ccccc1.O=C([O-])c1ccccc1.[Cl-].[Na+]. The average Bonchev–Trinajstić information content (AvgIpc) is 2.76. The molecule has 0 fully saturated rings. The topological polar surface area (TPSA) is 40.1 Å². The third kappa shape index (κ3) is 19.2. The molecule has 0 spiro atoms. The second kappa shape index (κ2) is 21.7. The Morgan fingerprint density at radius 1 is 0.727 bits per heavy atom. The van der Waals surface area contributed by atoms with Crippen molar-refractivity contribution in [2.24, 2.45) is 0 Å². The monoisotopic (exact) mass is 483 g/mol. The molecule has 5 heteroatoms. The number of aromatic carboxylic acids is 1. The van der Waals surface area contributed by atoms with Crippen molar-refractivity contribution in [2.75, 3.05) is 20.6 Å². The number of hydrogen-bond acceptors (Lipinski definition) is 2. The first-order chi connectivity index (χ1) is 14.9. The molecule has 33 heavy (non-hydrogen) atoms. The number of hydrogen-bond donors (Lipinski definition) is 0. The van der Waals surface area contributed by atoms with E-state index >= 15 is 0 Å². The Morgan fingerprint density at radius 2 is 1.15 bits per heavy atom. The summed E-state index contributed by atoms with van der Waals surface area (Å²) in [5, 5.41) is 10.1. The standard InChI is InChI=1S/C21H38N.C7H6O2.ClH.Na/c1-4-5-6-7-8-9-10-11-12-16-19-22(2,3)20-21-17-14-13-15-18-21;8-7(9)6-4-2-1-3-5-6;;/h13-15,17-18H,4-12,16,19-20H2,1-3H3;1-5H,(H,8,9);1H;/q+1;;;+1/p-2. The van der Waals surface area contributed by atoms with E-state index in [1.54, 1.807) is 18.2 Å². The zero-order chi connectivity index (χ0) is 22.8. The van der Waals surface area contributed by atoms with Crippen molar-refractivity contribution in [3.63, 3.8) is 0 Å². The minimum absolute atomic E-state index is 0. The summed E-state index contributed by atoms with van der Waals surface area (Å²) in [7, 11) is 4.72. The van der Waals surface area contributed by atoms with E-state index in [4.69, 9.17) is 0 Å². The van der Waals surface area contributed by atoms with Crippen LogP contribution in [-0.2, 0) is 6.54 Å². The molecule has 3 nitrogen and oxygen atoms in total. The molecule has 0 atom stereocenters. The van der Waals surface area contributed by atoms with Crippen molar-refractivity contribution in [1.82, 2.24) is 0 Å². The van der Waals surface area contributed by atoms with Crippen LogP contribution in [0.2, 0.25) is 0 Å². The molecule has 0 N–H and O–H groups in total.